The van der Waals surface area contributed by atoms with E-state index in [1.54, 1.807) is 21.7 Å². The standard InChI is InChI=1S/C30H38BrN5O6/c1-5-7-10-14-41-29(40)23-24-27(38)36(22(16-37)18(3)4)26(30(24)15-19(31)25(23)42-30)28(39)34(13-6-2)17-35-21-12-9-8-11-20(21)32-33-35/h5-6,8-9,11-12,18-19,22-26,37H,1-2,7,10,13-17H2,3-4H3/t19?,22-,23-,24-,25-,26?,30?/m0/s1. The van der Waals surface area contributed by atoms with Crippen LogP contribution in [0.15, 0.2) is 49.6 Å². The van der Waals surface area contributed by atoms with Gasteiger partial charge in [0.05, 0.1) is 42.7 Å². The van der Waals surface area contributed by atoms with Crippen LogP contribution in [0.1, 0.15) is 33.1 Å². The van der Waals surface area contributed by atoms with Crippen LogP contribution in [-0.4, -0.2) is 96.1 Å². The Balaban J connectivity index is 1.53. The number of fused-ring (bicyclic) bond motifs is 2. The second-order valence-electron chi connectivity index (χ2n) is 11.6. The quantitative estimate of drug-likeness (QED) is 0.153. The van der Waals surface area contributed by atoms with E-state index < -0.39 is 41.6 Å². The summed E-state index contributed by atoms with van der Waals surface area (Å²) in [6, 6.07) is 5.70. The third-order valence-corrected chi connectivity index (χ3v) is 9.57. The molecule has 2 bridgehead atoms. The molecule has 2 aromatic rings. The number of alkyl halides is 1. The second-order valence-corrected chi connectivity index (χ2v) is 12.7. The van der Waals surface area contributed by atoms with Gasteiger partial charge in [-0.15, -0.1) is 18.3 Å². The number of likely N-dealkylation sites (tertiary alicyclic amines) is 1. The summed E-state index contributed by atoms with van der Waals surface area (Å²) < 4.78 is 13.8. The van der Waals surface area contributed by atoms with Crippen molar-refractivity contribution in [2.45, 2.75) is 68.4 Å². The number of rotatable bonds is 13. The Morgan fingerprint density at radius 2 is 2.07 bits per heavy atom. The lowest BCUT2D eigenvalue weighted by Gasteiger charge is -2.40. The number of allylic oxidation sites excluding steroid dienone is 1. The summed E-state index contributed by atoms with van der Waals surface area (Å²) in [5.74, 6) is -3.21. The first-order valence-electron chi connectivity index (χ1n) is 14.4. The lowest BCUT2D eigenvalue weighted by atomic mass is 9.70. The summed E-state index contributed by atoms with van der Waals surface area (Å²) in [7, 11) is 0. The first kappa shape index (κ1) is 30.4. The summed E-state index contributed by atoms with van der Waals surface area (Å²) in [6.45, 7) is 11.4. The number of aromatic nitrogens is 3. The van der Waals surface area contributed by atoms with E-state index in [2.05, 4.69) is 39.4 Å². The van der Waals surface area contributed by atoms with Gasteiger partial charge >= 0.3 is 5.97 Å². The van der Waals surface area contributed by atoms with Crippen LogP contribution in [0, 0.1) is 17.8 Å². The Hall–Kier alpha value is -3.09. The van der Waals surface area contributed by atoms with Gasteiger partial charge in [-0.05, 0) is 37.3 Å². The van der Waals surface area contributed by atoms with Gasteiger partial charge in [0, 0.05) is 11.4 Å². The van der Waals surface area contributed by atoms with E-state index in [4.69, 9.17) is 9.47 Å². The molecular weight excluding hydrogens is 606 g/mol. The van der Waals surface area contributed by atoms with Gasteiger partial charge in [0.1, 0.15) is 23.8 Å². The van der Waals surface area contributed by atoms with E-state index in [0.29, 0.717) is 24.8 Å². The maximum atomic E-state index is 14.7. The molecule has 12 heteroatoms. The van der Waals surface area contributed by atoms with Crippen LogP contribution in [-0.2, 0) is 30.5 Å². The molecule has 3 aliphatic rings. The molecule has 3 fully saturated rings. The third kappa shape index (κ3) is 4.97. The number of para-hydroxylation sites is 1. The van der Waals surface area contributed by atoms with Crippen molar-refractivity contribution < 1.29 is 29.0 Å². The molecule has 2 amide bonds. The highest BCUT2D eigenvalue weighted by molar-refractivity contribution is 9.09. The van der Waals surface area contributed by atoms with Crippen molar-refractivity contribution in [1.82, 2.24) is 24.8 Å². The fourth-order valence-electron chi connectivity index (χ4n) is 6.82. The number of ether oxygens (including phenoxy) is 2. The predicted octanol–water partition coefficient (Wildman–Crippen LogP) is 2.68. The highest BCUT2D eigenvalue weighted by atomic mass is 79.9. The Bertz CT molecular complexity index is 1360. The van der Waals surface area contributed by atoms with Crippen LogP contribution in [0.3, 0.4) is 0 Å². The first-order chi connectivity index (χ1) is 20.2. The van der Waals surface area contributed by atoms with E-state index in [-0.39, 0.29) is 49.0 Å². The van der Waals surface area contributed by atoms with Gasteiger partial charge in [-0.1, -0.05) is 59.3 Å². The van der Waals surface area contributed by atoms with Crippen LogP contribution < -0.4 is 0 Å². The van der Waals surface area contributed by atoms with Crippen LogP contribution in [0.25, 0.3) is 11.0 Å². The maximum absolute atomic E-state index is 14.7. The number of hydrogen-bond acceptors (Lipinski definition) is 8. The largest absolute Gasteiger partial charge is 0.465 e. The number of nitrogens with zero attached hydrogens (tertiary/aromatic N) is 5. The number of amides is 2. The van der Waals surface area contributed by atoms with Crippen molar-refractivity contribution >= 4 is 44.7 Å². The molecular formula is C30H38BrN5O6. The zero-order valence-electron chi connectivity index (χ0n) is 24.0. The maximum Gasteiger partial charge on any atom is 0.312 e. The molecule has 11 nitrogen and oxygen atoms in total. The molecule has 4 heterocycles. The second kappa shape index (κ2) is 12.3. The number of hydrogen-bond donors (Lipinski definition) is 1. The monoisotopic (exact) mass is 643 g/mol. The molecule has 1 N–H and O–H groups in total. The van der Waals surface area contributed by atoms with Crippen molar-refractivity contribution in [2.75, 3.05) is 19.8 Å². The molecule has 1 spiro atoms. The molecule has 3 unspecified atom stereocenters. The molecule has 1 aromatic heterocycles. The van der Waals surface area contributed by atoms with Gasteiger partial charge in [-0.3, -0.25) is 14.4 Å². The number of carbonyl (C=O) groups excluding carboxylic acids is 3. The summed E-state index contributed by atoms with van der Waals surface area (Å²) in [5, 5.41) is 18.9. The predicted molar refractivity (Wildman–Crippen MR) is 158 cm³/mol. The molecule has 42 heavy (non-hydrogen) atoms. The van der Waals surface area contributed by atoms with Crippen molar-refractivity contribution in [2.24, 2.45) is 17.8 Å². The Morgan fingerprint density at radius 3 is 2.76 bits per heavy atom. The molecule has 0 radical (unpaired) electrons. The zero-order valence-corrected chi connectivity index (χ0v) is 25.6. The summed E-state index contributed by atoms with van der Waals surface area (Å²) in [4.78, 5) is 45.2. The van der Waals surface area contributed by atoms with E-state index in [9.17, 15) is 19.5 Å². The lowest BCUT2D eigenvalue weighted by molar-refractivity contribution is -0.157. The van der Waals surface area contributed by atoms with Crippen molar-refractivity contribution in [3.63, 3.8) is 0 Å². The SMILES string of the molecule is C=CCCCOC(=O)[C@H]1[C@H]2C(=O)N([C@@H](CO)C(C)C)C(C(=O)N(CC=C)Cn3nnc4ccccc43)C23CC(Br)[C@@H]1O3. The molecule has 0 saturated carbocycles. The smallest absolute Gasteiger partial charge is 0.312 e. The van der Waals surface area contributed by atoms with E-state index >= 15 is 0 Å². The number of esters is 1. The average Bonchev–Trinajstić information content (AvgIpc) is 3.68. The van der Waals surface area contributed by atoms with Crippen molar-refractivity contribution in [3.8, 4) is 0 Å². The summed E-state index contributed by atoms with van der Waals surface area (Å²) >= 11 is 3.68. The highest BCUT2D eigenvalue weighted by Crippen LogP contribution is 2.61. The molecule has 3 aliphatic heterocycles. The minimum Gasteiger partial charge on any atom is -0.465 e. The molecule has 3 saturated heterocycles. The summed E-state index contributed by atoms with van der Waals surface area (Å²) in [5.41, 5.74) is 0.168. The minimum absolute atomic E-state index is 0.0616. The zero-order chi connectivity index (χ0) is 30.2. The van der Waals surface area contributed by atoms with Gasteiger partial charge in [0.15, 0.2) is 0 Å². The van der Waals surface area contributed by atoms with Crippen LogP contribution >= 0.6 is 15.9 Å². The number of benzene rings is 1. The number of aliphatic hydroxyl groups is 1. The Kier molecular flexibility index (Phi) is 8.86. The number of unbranched alkanes of at least 4 members (excludes halogenated alkanes) is 1. The first-order valence-corrected chi connectivity index (χ1v) is 15.3. The fraction of sp³-hybridized carbons (Fsp3) is 0.567. The number of carbonyl (C=O) groups is 3. The molecule has 7 atom stereocenters. The molecule has 5 rings (SSSR count). The molecule has 226 valence electrons. The van der Waals surface area contributed by atoms with Crippen LogP contribution in [0.2, 0.25) is 0 Å². The van der Waals surface area contributed by atoms with Gasteiger partial charge < -0.3 is 24.4 Å². The third-order valence-electron chi connectivity index (χ3n) is 8.73. The normalized spacial score (nSPS) is 28.7. The Morgan fingerprint density at radius 1 is 1.31 bits per heavy atom. The van der Waals surface area contributed by atoms with E-state index in [0.717, 1.165) is 5.52 Å². The van der Waals surface area contributed by atoms with Gasteiger partial charge in [-0.25, -0.2) is 4.68 Å². The highest BCUT2D eigenvalue weighted by Gasteiger charge is 2.77. The van der Waals surface area contributed by atoms with Crippen molar-refractivity contribution in [3.05, 3.63) is 49.6 Å². The van der Waals surface area contributed by atoms with E-state index in [1.807, 2.05) is 38.1 Å². The van der Waals surface area contributed by atoms with Gasteiger partial charge in [0.25, 0.3) is 0 Å². The summed E-state index contributed by atoms with van der Waals surface area (Å²) in [6.07, 6.45) is 4.42. The number of halogens is 1. The number of aliphatic hydroxyl groups excluding tert-OH is 1. The van der Waals surface area contributed by atoms with Gasteiger partial charge in [-0.2, -0.15) is 0 Å². The van der Waals surface area contributed by atoms with Gasteiger partial charge in [0.2, 0.25) is 11.8 Å². The average molecular weight is 645 g/mol. The van der Waals surface area contributed by atoms with Crippen molar-refractivity contribution in [1.29, 1.82) is 0 Å². The minimum atomic E-state index is -1.27. The topological polar surface area (TPSA) is 127 Å². The molecule has 1 aromatic carbocycles. The molecule has 0 aliphatic carbocycles. The van der Waals surface area contributed by atoms with E-state index in [1.165, 1.54) is 4.90 Å². The van der Waals surface area contributed by atoms with Crippen LogP contribution in [0.4, 0.5) is 0 Å². The fourth-order valence-corrected chi connectivity index (χ4v) is 7.76. The van der Waals surface area contributed by atoms with Crippen LogP contribution in [0.5, 0.6) is 0 Å². The lowest BCUT2D eigenvalue weighted by Crippen LogP contribution is -2.60. The Labute approximate surface area is 253 Å².